The number of aliphatic hydroxyl groups excluding tert-OH is 2. The maximum absolute atomic E-state index is 13.0. The van der Waals surface area contributed by atoms with E-state index >= 15 is 0 Å². The highest BCUT2D eigenvalue weighted by molar-refractivity contribution is 7.47. The fourth-order valence-electron chi connectivity index (χ4n) is 9.70. The lowest BCUT2D eigenvalue weighted by molar-refractivity contribution is -0.161. The molecular weight excluding hydrogens is 1340 g/mol. The predicted molar refractivity (Wildman–Crippen MR) is 426 cm³/mol. The van der Waals surface area contributed by atoms with Crippen molar-refractivity contribution in [2.75, 3.05) is 39.6 Å². The van der Waals surface area contributed by atoms with Crippen molar-refractivity contribution < 1.29 is 75.8 Å². The molecule has 0 aliphatic carbocycles. The molecule has 16 nitrogen and oxygen atoms in total. The number of hydrogen-bond donors (Lipinski definition) is 4. The van der Waals surface area contributed by atoms with Crippen LogP contribution in [0.4, 0.5) is 0 Å². The van der Waals surface area contributed by atoms with E-state index in [1.54, 1.807) is 0 Å². The van der Waals surface area contributed by atoms with Gasteiger partial charge in [0.25, 0.3) is 0 Å². The van der Waals surface area contributed by atoms with E-state index in [1.165, 1.54) is 25.7 Å². The van der Waals surface area contributed by atoms with Crippen LogP contribution < -0.4 is 0 Å². The van der Waals surface area contributed by atoms with Gasteiger partial charge in [-0.1, -0.05) is 280 Å². The van der Waals surface area contributed by atoms with E-state index in [1.807, 2.05) is 0 Å². The molecule has 5 unspecified atom stereocenters. The molecule has 0 aromatic heterocycles. The Morgan fingerprint density at radius 3 is 0.825 bits per heavy atom. The van der Waals surface area contributed by atoms with Crippen LogP contribution in [-0.4, -0.2) is 95.9 Å². The van der Waals surface area contributed by atoms with Crippen molar-refractivity contribution in [1.29, 1.82) is 0 Å². The summed E-state index contributed by atoms with van der Waals surface area (Å²) in [6, 6.07) is 0. The first-order chi connectivity index (χ1) is 50.2. The number of aliphatic hydroxyl groups is 2. The average Bonchev–Trinajstić information content (AvgIpc) is 0.922. The minimum Gasteiger partial charge on any atom is -0.463 e. The molecule has 584 valence electrons. The van der Waals surface area contributed by atoms with Gasteiger partial charge in [-0.25, -0.2) is 9.13 Å². The second-order valence-corrected chi connectivity index (χ2v) is 28.3. The molecule has 0 aromatic rings. The van der Waals surface area contributed by atoms with Crippen LogP contribution in [0.5, 0.6) is 0 Å². The molecule has 0 fully saturated rings. The summed E-state index contributed by atoms with van der Waals surface area (Å²) in [4.78, 5) is 58.7. The zero-order chi connectivity index (χ0) is 75.2. The summed E-state index contributed by atoms with van der Waals surface area (Å²) >= 11 is 0. The lowest BCUT2D eigenvalue weighted by Gasteiger charge is -2.21. The number of unbranched alkanes of at least 4 members (excludes halogenated alkanes) is 19. The number of esters is 3. The number of carbonyl (C=O) groups excluding carboxylic acids is 3. The zero-order valence-electron chi connectivity index (χ0n) is 63.7. The maximum Gasteiger partial charge on any atom is 0.472 e. The van der Waals surface area contributed by atoms with Gasteiger partial charge in [-0.05, 0) is 161 Å². The van der Waals surface area contributed by atoms with E-state index in [0.29, 0.717) is 19.3 Å². The molecule has 0 spiro atoms. The Morgan fingerprint density at radius 1 is 0.282 bits per heavy atom. The van der Waals surface area contributed by atoms with Gasteiger partial charge in [0.15, 0.2) is 6.10 Å². The van der Waals surface area contributed by atoms with Gasteiger partial charge in [-0.3, -0.25) is 32.5 Å². The van der Waals surface area contributed by atoms with Crippen LogP contribution in [0.15, 0.2) is 182 Å². The minimum absolute atomic E-state index is 0.0553. The van der Waals surface area contributed by atoms with Crippen molar-refractivity contribution in [3.63, 3.8) is 0 Å². The Bertz CT molecular complexity index is 2600. The molecule has 0 aromatic carbocycles. The monoisotopic (exact) mass is 1480 g/mol. The first-order valence-corrected chi connectivity index (χ1v) is 42.1. The molecule has 0 bridgehead atoms. The Morgan fingerprint density at radius 2 is 0.515 bits per heavy atom. The third-order valence-electron chi connectivity index (χ3n) is 15.6. The van der Waals surface area contributed by atoms with E-state index in [2.05, 4.69) is 203 Å². The number of carbonyl (C=O) groups is 3. The highest BCUT2D eigenvalue weighted by Crippen LogP contribution is 2.45. The van der Waals surface area contributed by atoms with Crippen LogP contribution in [0.1, 0.15) is 278 Å². The number of phosphoric ester groups is 2. The first-order valence-electron chi connectivity index (χ1n) is 39.1. The summed E-state index contributed by atoms with van der Waals surface area (Å²) in [6.45, 7) is 2.33. The number of allylic oxidation sites excluding steroid dienone is 30. The Balaban J connectivity index is 4.74. The summed E-state index contributed by atoms with van der Waals surface area (Å²) in [7, 11) is -9.83. The molecule has 0 aliphatic rings. The molecule has 0 rings (SSSR count). The van der Waals surface area contributed by atoms with Gasteiger partial charge in [-0.2, -0.15) is 0 Å². The van der Waals surface area contributed by atoms with E-state index in [9.17, 15) is 43.5 Å². The van der Waals surface area contributed by atoms with Crippen LogP contribution in [0, 0.1) is 0 Å². The van der Waals surface area contributed by atoms with Gasteiger partial charge in [0.2, 0.25) is 0 Å². The second-order valence-electron chi connectivity index (χ2n) is 25.4. The van der Waals surface area contributed by atoms with Crippen molar-refractivity contribution in [2.24, 2.45) is 0 Å². The summed E-state index contributed by atoms with van der Waals surface area (Å²) in [5.41, 5.74) is 0. The smallest absolute Gasteiger partial charge is 0.463 e. The van der Waals surface area contributed by atoms with Crippen LogP contribution >= 0.6 is 15.6 Å². The fraction of sp³-hybridized carbons (Fsp3) is 0.612. The summed E-state index contributed by atoms with van der Waals surface area (Å²) < 4.78 is 61.1. The van der Waals surface area contributed by atoms with Crippen LogP contribution in [0.25, 0.3) is 0 Å². The number of phosphoric acid groups is 2. The van der Waals surface area contributed by atoms with Gasteiger partial charge in [-0.15, -0.1) is 0 Å². The van der Waals surface area contributed by atoms with Gasteiger partial charge < -0.3 is 34.2 Å². The lowest BCUT2D eigenvalue weighted by Crippen LogP contribution is -2.30. The zero-order valence-corrected chi connectivity index (χ0v) is 65.5. The average molecular weight is 1480 g/mol. The summed E-state index contributed by atoms with van der Waals surface area (Å²) in [6.07, 6.45) is 97.8. The molecule has 0 aliphatic heterocycles. The van der Waals surface area contributed by atoms with Crippen molar-refractivity contribution in [2.45, 2.75) is 296 Å². The van der Waals surface area contributed by atoms with E-state index < -0.39 is 91.5 Å². The molecule has 103 heavy (non-hydrogen) atoms. The van der Waals surface area contributed by atoms with Crippen molar-refractivity contribution in [3.05, 3.63) is 182 Å². The second kappa shape index (κ2) is 76.3. The number of hydrogen-bond acceptors (Lipinski definition) is 14. The van der Waals surface area contributed by atoms with Crippen LogP contribution in [0.3, 0.4) is 0 Å². The third-order valence-corrected chi connectivity index (χ3v) is 17.5. The van der Waals surface area contributed by atoms with E-state index in [0.717, 1.165) is 193 Å². The predicted octanol–water partition coefficient (Wildman–Crippen LogP) is 23.0. The highest BCUT2D eigenvalue weighted by Gasteiger charge is 2.29. The van der Waals surface area contributed by atoms with Crippen molar-refractivity contribution >= 4 is 33.6 Å². The Labute approximate surface area is 624 Å². The molecule has 0 amide bonds. The Kier molecular flexibility index (Phi) is 72.3. The molecule has 18 heteroatoms. The van der Waals surface area contributed by atoms with Gasteiger partial charge in [0, 0.05) is 19.3 Å². The largest absolute Gasteiger partial charge is 0.472 e. The van der Waals surface area contributed by atoms with E-state index in [4.69, 9.17) is 32.3 Å². The standard InChI is InChI=1S/C85H138O16P2/c1-4-7-10-13-16-19-22-25-28-31-34-36-38-39-41-43-45-47-50-53-56-59-62-65-68-71-83(88)95-74-80(86)75-97-102(91,92)98-76-81(87)77-99-103(93,94)100-79-82(101-85(90)73-70-67-64-61-58-55-52-49-44-33-30-27-24-21-18-15-12-9-6-3)78-96-84(89)72-69-66-63-60-57-54-51-48-46-42-40-37-35-32-29-26-23-20-17-14-11-8-5-2/h7,9-10,12,16-21,25-30,34-37,39,41-42,44-47,49,55,58,80-82,86-87H,4-6,8,11,13-15,22-24,31-33,38,40,43,48,50-54,56-57,59-79H2,1-3H3,(H,91,92)(H,93,94)/b10-7-,12-9-,19-16-,20-17-,21-18-,28-25-,29-26-,30-27-,36-34-,37-35-,41-39-,46-42-,47-45-,49-44-,58-55-. The summed E-state index contributed by atoms with van der Waals surface area (Å²) in [5, 5.41) is 20.6. The number of rotatable bonds is 72. The lowest BCUT2D eigenvalue weighted by atomic mass is 10.1. The van der Waals surface area contributed by atoms with Crippen LogP contribution in [0.2, 0.25) is 0 Å². The topological polar surface area (TPSA) is 231 Å². The molecule has 0 saturated carbocycles. The quantitative estimate of drug-likeness (QED) is 0.0146. The van der Waals surface area contributed by atoms with E-state index in [-0.39, 0.29) is 19.3 Å². The van der Waals surface area contributed by atoms with Gasteiger partial charge in [0.05, 0.1) is 26.4 Å². The maximum atomic E-state index is 13.0. The SMILES string of the molecule is CC/C=C\C/C=C\C/C=C\C/C=C\C/C=C\C/C=C\CCCCCCCCC(=O)OCC(O)COP(=O)(O)OCC(O)COP(=O)(O)OCC(COC(=O)CCCCCCCCC/C=C\C/C=C\C/C=C\C/C=C\CCCCC)OC(=O)CCCCC/C=C\C/C=C\C/C=C\C/C=C\C/C=C\CC. The first kappa shape index (κ1) is 97.7. The highest BCUT2D eigenvalue weighted by atomic mass is 31.2. The summed E-state index contributed by atoms with van der Waals surface area (Å²) in [5.74, 6) is -1.65. The minimum atomic E-state index is -4.95. The molecular formula is C85H138O16P2. The van der Waals surface area contributed by atoms with Gasteiger partial charge >= 0.3 is 33.6 Å². The third kappa shape index (κ3) is 77.6. The molecule has 4 N–H and O–H groups in total. The Hall–Kier alpha value is -5.35. The fourth-order valence-corrected chi connectivity index (χ4v) is 11.3. The molecule has 0 saturated heterocycles. The molecule has 0 radical (unpaired) electrons. The van der Waals surface area contributed by atoms with Crippen molar-refractivity contribution in [3.8, 4) is 0 Å². The number of ether oxygens (including phenoxy) is 3. The van der Waals surface area contributed by atoms with Crippen LogP contribution in [-0.2, 0) is 55.8 Å². The molecule has 0 heterocycles. The molecule has 5 atom stereocenters. The normalized spacial score (nSPS) is 15.0. The van der Waals surface area contributed by atoms with Gasteiger partial charge in [0.1, 0.15) is 25.4 Å². The van der Waals surface area contributed by atoms with Crippen molar-refractivity contribution in [1.82, 2.24) is 0 Å².